The van der Waals surface area contributed by atoms with E-state index >= 15 is 0 Å². The molecule has 5 N–H and O–H groups in total. The van der Waals surface area contributed by atoms with Gasteiger partial charge in [-0.2, -0.15) is 0 Å². The lowest BCUT2D eigenvalue weighted by Crippen LogP contribution is -2.37. The van der Waals surface area contributed by atoms with E-state index in [0.29, 0.717) is 12.2 Å². The van der Waals surface area contributed by atoms with Gasteiger partial charge in [-0.1, -0.05) is 0 Å². The predicted molar refractivity (Wildman–Crippen MR) is 59.2 cm³/mol. The summed E-state index contributed by atoms with van der Waals surface area (Å²) in [5, 5.41) is 18.7. The van der Waals surface area contributed by atoms with Crippen LogP contribution in [0.4, 0.5) is 0 Å². The lowest BCUT2D eigenvalue weighted by Gasteiger charge is -2.18. The average Bonchev–Trinajstić information content (AvgIpc) is 2.28. The van der Waals surface area contributed by atoms with Crippen molar-refractivity contribution in [2.75, 3.05) is 13.1 Å². The highest BCUT2D eigenvalue weighted by atomic mass is 16.4. The van der Waals surface area contributed by atoms with Crippen molar-refractivity contribution in [3.8, 4) is 0 Å². The van der Waals surface area contributed by atoms with E-state index in [0.717, 1.165) is 25.9 Å². The normalized spacial score (nSPS) is 19.2. The summed E-state index contributed by atoms with van der Waals surface area (Å²) in [6, 6.07) is 0. The molecule has 0 spiro atoms. The first-order chi connectivity index (χ1) is 7.93. The van der Waals surface area contributed by atoms with E-state index in [1.165, 1.54) is 0 Å². The molecular weight excluding hydrogens is 228 g/mol. The molecule has 0 saturated carbocycles. The summed E-state index contributed by atoms with van der Waals surface area (Å²) in [6.07, 6.45) is 3.15. The van der Waals surface area contributed by atoms with Gasteiger partial charge in [0.2, 0.25) is 5.91 Å². The second kappa shape index (κ2) is 8.28. The average molecular weight is 244 g/mol. The standard InChI is InChI=1S/C6H12N2O.C4H4O4/c7-6(9)5-2-1-3-8-4-5;5-3(6)1-2-4(7)8/h5,8H,1-4H2,(H2,7,9);1-2H,(H,5,6)(H,7,8)/b;2-1+/t5-;/m0./s1. The maximum absolute atomic E-state index is 10.5. The Morgan fingerprint density at radius 2 is 1.71 bits per heavy atom. The van der Waals surface area contributed by atoms with Gasteiger partial charge in [-0.15, -0.1) is 0 Å². The fourth-order valence-corrected chi connectivity index (χ4v) is 1.24. The molecule has 1 fully saturated rings. The van der Waals surface area contributed by atoms with Crippen LogP contribution in [0.15, 0.2) is 12.2 Å². The second-order valence-corrected chi connectivity index (χ2v) is 3.46. The first-order valence-electron chi connectivity index (χ1n) is 5.07. The van der Waals surface area contributed by atoms with Crippen LogP contribution >= 0.6 is 0 Å². The maximum Gasteiger partial charge on any atom is 0.328 e. The summed E-state index contributed by atoms with van der Waals surface area (Å²) in [5.74, 6) is -2.60. The Kier molecular flexibility index (Phi) is 7.36. The highest BCUT2D eigenvalue weighted by Crippen LogP contribution is 2.07. The molecule has 1 atom stereocenters. The van der Waals surface area contributed by atoms with Crippen LogP contribution in [0.1, 0.15) is 12.8 Å². The third kappa shape index (κ3) is 9.06. The number of piperidine rings is 1. The first-order valence-corrected chi connectivity index (χ1v) is 5.07. The van der Waals surface area contributed by atoms with E-state index < -0.39 is 11.9 Å². The summed E-state index contributed by atoms with van der Waals surface area (Å²) in [6.45, 7) is 1.80. The molecule has 0 aliphatic carbocycles. The second-order valence-electron chi connectivity index (χ2n) is 3.46. The highest BCUT2D eigenvalue weighted by Gasteiger charge is 2.17. The van der Waals surface area contributed by atoms with Gasteiger partial charge >= 0.3 is 11.9 Å². The largest absolute Gasteiger partial charge is 0.478 e. The van der Waals surface area contributed by atoms with Crippen LogP contribution in [0, 0.1) is 5.92 Å². The molecule has 0 bridgehead atoms. The minimum atomic E-state index is -1.26. The van der Waals surface area contributed by atoms with Crippen molar-refractivity contribution in [3.05, 3.63) is 12.2 Å². The SMILES string of the molecule is NC(=O)[C@H]1CCCNC1.O=C(O)/C=C/C(=O)O. The van der Waals surface area contributed by atoms with E-state index in [2.05, 4.69) is 5.32 Å². The van der Waals surface area contributed by atoms with E-state index in [1.807, 2.05) is 0 Å². The van der Waals surface area contributed by atoms with Crippen LogP contribution in [0.2, 0.25) is 0 Å². The van der Waals surface area contributed by atoms with Gasteiger partial charge in [0.05, 0.1) is 5.92 Å². The smallest absolute Gasteiger partial charge is 0.328 e. The number of nitrogens with one attached hydrogen (secondary N) is 1. The Bertz CT molecular complexity index is 292. The summed E-state index contributed by atoms with van der Waals surface area (Å²) in [7, 11) is 0. The van der Waals surface area contributed by atoms with Crippen molar-refractivity contribution in [1.82, 2.24) is 5.32 Å². The molecule has 1 heterocycles. The van der Waals surface area contributed by atoms with Gasteiger partial charge in [-0.25, -0.2) is 9.59 Å². The number of carboxylic acids is 2. The monoisotopic (exact) mass is 244 g/mol. The number of amides is 1. The molecule has 1 aliphatic rings. The molecule has 0 radical (unpaired) electrons. The number of carbonyl (C=O) groups excluding carboxylic acids is 1. The minimum absolute atomic E-state index is 0.0822. The molecule has 1 amide bonds. The van der Waals surface area contributed by atoms with Crippen LogP contribution in [0.25, 0.3) is 0 Å². The van der Waals surface area contributed by atoms with Crippen LogP contribution in [0.3, 0.4) is 0 Å². The van der Waals surface area contributed by atoms with Crippen LogP contribution in [-0.4, -0.2) is 41.1 Å². The van der Waals surface area contributed by atoms with E-state index in [1.54, 1.807) is 0 Å². The van der Waals surface area contributed by atoms with Gasteiger partial charge in [-0.05, 0) is 19.4 Å². The predicted octanol–water partition coefficient (Wildman–Crippen LogP) is -0.817. The molecule has 7 nitrogen and oxygen atoms in total. The van der Waals surface area contributed by atoms with Crippen molar-refractivity contribution < 1.29 is 24.6 Å². The summed E-state index contributed by atoms with van der Waals surface area (Å²) < 4.78 is 0. The fourth-order valence-electron chi connectivity index (χ4n) is 1.24. The van der Waals surface area contributed by atoms with Crippen molar-refractivity contribution >= 4 is 17.8 Å². The number of hydrogen-bond acceptors (Lipinski definition) is 4. The third-order valence-electron chi connectivity index (χ3n) is 2.07. The molecule has 0 aromatic heterocycles. The molecular formula is C10H16N2O5. The number of aliphatic carboxylic acids is 2. The Labute approximate surface area is 98.3 Å². The summed E-state index contributed by atoms with van der Waals surface area (Å²) in [5.41, 5.74) is 5.09. The number of nitrogens with two attached hydrogens (primary N) is 1. The van der Waals surface area contributed by atoms with Crippen LogP contribution in [0.5, 0.6) is 0 Å². The molecule has 17 heavy (non-hydrogen) atoms. The van der Waals surface area contributed by atoms with Crippen molar-refractivity contribution in [3.63, 3.8) is 0 Å². The Morgan fingerprint density at radius 1 is 1.18 bits per heavy atom. The number of primary amides is 1. The van der Waals surface area contributed by atoms with Gasteiger partial charge in [-0.3, -0.25) is 4.79 Å². The van der Waals surface area contributed by atoms with Crippen molar-refractivity contribution in [2.24, 2.45) is 11.7 Å². The molecule has 0 aromatic carbocycles. The fraction of sp³-hybridized carbons (Fsp3) is 0.500. The third-order valence-corrected chi connectivity index (χ3v) is 2.07. The quantitative estimate of drug-likeness (QED) is 0.480. The first kappa shape index (κ1) is 15.1. The summed E-state index contributed by atoms with van der Waals surface area (Å²) in [4.78, 5) is 29.6. The topological polar surface area (TPSA) is 130 Å². The van der Waals surface area contributed by atoms with E-state index in [4.69, 9.17) is 15.9 Å². The van der Waals surface area contributed by atoms with E-state index in [9.17, 15) is 14.4 Å². The minimum Gasteiger partial charge on any atom is -0.478 e. The number of rotatable bonds is 3. The Balaban J connectivity index is 0.000000304. The molecule has 0 aromatic rings. The molecule has 96 valence electrons. The summed E-state index contributed by atoms with van der Waals surface area (Å²) >= 11 is 0. The van der Waals surface area contributed by atoms with Crippen molar-refractivity contribution in [1.29, 1.82) is 0 Å². The molecule has 1 aliphatic heterocycles. The zero-order valence-corrected chi connectivity index (χ0v) is 9.26. The number of carboxylic acid groups (broad SMARTS) is 2. The van der Waals surface area contributed by atoms with E-state index in [-0.39, 0.29) is 11.8 Å². The van der Waals surface area contributed by atoms with Gasteiger partial charge < -0.3 is 21.3 Å². The maximum atomic E-state index is 10.5. The molecule has 0 unspecified atom stereocenters. The van der Waals surface area contributed by atoms with Gasteiger partial charge in [0.25, 0.3) is 0 Å². The number of hydrogen-bond donors (Lipinski definition) is 4. The molecule has 7 heteroatoms. The lowest BCUT2D eigenvalue weighted by molar-refractivity contribution is -0.134. The van der Waals surface area contributed by atoms with Gasteiger partial charge in [0.1, 0.15) is 0 Å². The molecule has 1 rings (SSSR count). The highest BCUT2D eigenvalue weighted by molar-refractivity contribution is 5.89. The van der Waals surface area contributed by atoms with Gasteiger partial charge in [0, 0.05) is 18.7 Å². The lowest BCUT2D eigenvalue weighted by atomic mass is 9.99. The van der Waals surface area contributed by atoms with Crippen LogP contribution in [-0.2, 0) is 14.4 Å². The zero-order valence-electron chi connectivity index (χ0n) is 9.26. The zero-order chi connectivity index (χ0) is 13.3. The Hall–Kier alpha value is -1.89. The van der Waals surface area contributed by atoms with Crippen molar-refractivity contribution in [2.45, 2.75) is 12.8 Å². The van der Waals surface area contributed by atoms with Crippen LogP contribution < -0.4 is 11.1 Å². The number of carbonyl (C=O) groups is 3. The van der Waals surface area contributed by atoms with Gasteiger partial charge in [0.15, 0.2) is 0 Å². The Morgan fingerprint density at radius 3 is 1.94 bits per heavy atom. The molecule has 1 saturated heterocycles.